The van der Waals surface area contributed by atoms with Crippen molar-refractivity contribution in [3.05, 3.63) is 113 Å². The number of aromatic nitrogens is 2. The van der Waals surface area contributed by atoms with E-state index in [1.54, 1.807) is 22.8 Å². The number of fused-ring (bicyclic) bond motifs is 2. The zero-order chi connectivity index (χ0) is 22.1. The fraction of sp³-hybridized carbons (Fsp3) is 0.0741. The van der Waals surface area contributed by atoms with E-state index in [4.69, 9.17) is 0 Å². The third-order valence-electron chi connectivity index (χ3n) is 5.58. The largest absolute Gasteiger partial charge is 0.326 e. The number of rotatable bonds is 4. The maximum atomic E-state index is 13.0. The highest BCUT2D eigenvalue weighted by molar-refractivity contribution is 5.96. The zero-order valence-corrected chi connectivity index (χ0v) is 17.6. The van der Waals surface area contributed by atoms with Crippen LogP contribution in [0.2, 0.25) is 0 Å². The maximum Gasteiger partial charge on any atom is 0.265 e. The van der Waals surface area contributed by atoms with Crippen LogP contribution in [-0.2, 0) is 11.2 Å². The molecule has 4 aromatic carbocycles. The highest BCUT2D eigenvalue weighted by atomic mass is 16.1. The molecule has 5 heteroatoms. The number of nitrogens with one attached hydrogen (secondary N) is 1. The molecule has 32 heavy (non-hydrogen) atoms. The lowest BCUT2D eigenvalue weighted by atomic mass is 10.0. The molecule has 0 bridgehead atoms. The summed E-state index contributed by atoms with van der Waals surface area (Å²) in [5, 5.41) is 5.73. The van der Waals surface area contributed by atoms with Crippen molar-refractivity contribution in [1.82, 2.24) is 9.55 Å². The maximum absolute atomic E-state index is 13.0. The molecule has 5 aromatic rings. The number of anilines is 1. The van der Waals surface area contributed by atoms with E-state index in [0.717, 1.165) is 16.3 Å². The summed E-state index contributed by atoms with van der Waals surface area (Å²) in [4.78, 5) is 30.2. The summed E-state index contributed by atoms with van der Waals surface area (Å²) in [6.07, 6.45) is 0.288. The molecule has 0 saturated heterocycles. The molecule has 0 saturated carbocycles. The summed E-state index contributed by atoms with van der Waals surface area (Å²) in [6.45, 7) is 1.81. The standard InChI is InChI=1S/C27H21N3O2/c1-18-28-25-12-5-4-11-24(25)27(32)30(18)22-15-13-21(14-16-22)29-26(31)17-20-9-6-8-19-7-2-3-10-23(19)20/h2-16H,17H2,1H3,(H,29,31). The fourth-order valence-corrected chi connectivity index (χ4v) is 4.07. The molecule has 1 aromatic heterocycles. The van der Waals surface area contributed by atoms with Gasteiger partial charge in [-0.1, -0.05) is 54.6 Å². The van der Waals surface area contributed by atoms with Crippen LogP contribution in [0.15, 0.2) is 95.8 Å². The lowest BCUT2D eigenvalue weighted by Gasteiger charge is -2.12. The van der Waals surface area contributed by atoms with E-state index in [1.165, 1.54) is 0 Å². The fourth-order valence-electron chi connectivity index (χ4n) is 4.07. The molecule has 5 rings (SSSR count). The lowest BCUT2D eigenvalue weighted by Crippen LogP contribution is -2.22. The monoisotopic (exact) mass is 419 g/mol. The molecule has 0 fully saturated rings. The van der Waals surface area contributed by atoms with Gasteiger partial charge in [-0.3, -0.25) is 14.2 Å². The molecule has 0 unspecified atom stereocenters. The smallest absolute Gasteiger partial charge is 0.265 e. The van der Waals surface area contributed by atoms with E-state index in [2.05, 4.69) is 10.3 Å². The first-order chi connectivity index (χ1) is 15.6. The number of benzene rings is 4. The number of carbonyl (C=O) groups excluding carboxylic acids is 1. The van der Waals surface area contributed by atoms with Crippen molar-refractivity contribution in [1.29, 1.82) is 0 Å². The first kappa shape index (κ1) is 19.7. The first-order valence-electron chi connectivity index (χ1n) is 10.5. The Morgan fingerprint density at radius 2 is 1.53 bits per heavy atom. The van der Waals surface area contributed by atoms with Crippen LogP contribution in [0.1, 0.15) is 11.4 Å². The second kappa shape index (κ2) is 8.12. The van der Waals surface area contributed by atoms with Gasteiger partial charge in [-0.05, 0) is 59.7 Å². The number of aryl methyl sites for hydroxylation is 1. The summed E-state index contributed by atoms with van der Waals surface area (Å²) in [7, 11) is 0. The average molecular weight is 419 g/mol. The summed E-state index contributed by atoms with van der Waals surface area (Å²) in [5.41, 5.74) is 2.95. The van der Waals surface area contributed by atoms with Gasteiger partial charge in [0.1, 0.15) is 5.82 Å². The van der Waals surface area contributed by atoms with Crippen molar-refractivity contribution in [2.24, 2.45) is 0 Å². The molecule has 1 amide bonds. The van der Waals surface area contributed by atoms with Gasteiger partial charge in [0.2, 0.25) is 5.91 Å². The Kier molecular flexibility index (Phi) is 5.00. The van der Waals surface area contributed by atoms with Crippen LogP contribution in [0.3, 0.4) is 0 Å². The van der Waals surface area contributed by atoms with Gasteiger partial charge in [-0.25, -0.2) is 4.98 Å². The van der Waals surface area contributed by atoms with E-state index >= 15 is 0 Å². The van der Waals surface area contributed by atoms with Crippen LogP contribution in [0.25, 0.3) is 27.4 Å². The van der Waals surface area contributed by atoms with Crippen LogP contribution < -0.4 is 10.9 Å². The first-order valence-corrected chi connectivity index (χ1v) is 10.5. The molecular weight excluding hydrogens is 398 g/mol. The predicted octanol–water partition coefficient (Wildman–Crippen LogP) is 5.03. The van der Waals surface area contributed by atoms with Gasteiger partial charge in [-0.15, -0.1) is 0 Å². The molecule has 1 N–H and O–H groups in total. The molecule has 156 valence electrons. The van der Waals surface area contributed by atoms with Crippen LogP contribution in [0, 0.1) is 6.92 Å². The van der Waals surface area contributed by atoms with Crippen molar-refractivity contribution in [3.63, 3.8) is 0 Å². The second-order valence-electron chi connectivity index (χ2n) is 7.73. The highest BCUT2D eigenvalue weighted by Crippen LogP contribution is 2.20. The predicted molar refractivity (Wildman–Crippen MR) is 128 cm³/mol. The molecular formula is C27H21N3O2. The van der Waals surface area contributed by atoms with Gasteiger partial charge in [-0.2, -0.15) is 0 Å². The number of amides is 1. The minimum absolute atomic E-state index is 0.0881. The van der Waals surface area contributed by atoms with Crippen molar-refractivity contribution in [2.75, 3.05) is 5.32 Å². The van der Waals surface area contributed by atoms with Crippen molar-refractivity contribution in [3.8, 4) is 5.69 Å². The normalized spacial score (nSPS) is 11.0. The van der Waals surface area contributed by atoms with Gasteiger partial charge in [0.15, 0.2) is 0 Å². The third-order valence-corrected chi connectivity index (χ3v) is 5.58. The number of hydrogen-bond acceptors (Lipinski definition) is 3. The van der Waals surface area contributed by atoms with E-state index in [9.17, 15) is 9.59 Å². The molecule has 5 nitrogen and oxygen atoms in total. The quantitative estimate of drug-likeness (QED) is 0.444. The van der Waals surface area contributed by atoms with Gasteiger partial charge >= 0.3 is 0 Å². The SMILES string of the molecule is Cc1nc2ccccc2c(=O)n1-c1ccc(NC(=O)Cc2cccc3ccccc23)cc1. The van der Waals surface area contributed by atoms with Gasteiger partial charge < -0.3 is 5.32 Å². The minimum atomic E-state index is -0.110. The Morgan fingerprint density at radius 1 is 0.844 bits per heavy atom. The molecule has 0 aliphatic heterocycles. The van der Waals surface area contributed by atoms with Gasteiger partial charge in [0.25, 0.3) is 5.56 Å². The third kappa shape index (κ3) is 3.65. The summed E-state index contributed by atoms with van der Waals surface area (Å²) in [5.74, 6) is 0.524. The van der Waals surface area contributed by atoms with Gasteiger partial charge in [0.05, 0.1) is 23.0 Å². The van der Waals surface area contributed by atoms with E-state index in [0.29, 0.717) is 28.1 Å². The molecule has 1 heterocycles. The van der Waals surface area contributed by atoms with Crippen molar-refractivity contribution >= 4 is 33.3 Å². The Balaban J connectivity index is 1.38. The summed E-state index contributed by atoms with van der Waals surface area (Å²) in [6, 6.07) is 28.6. The number of nitrogens with zero attached hydrogens (tertiary/aromatic N) is 2. The van der Waals surface area contributed by atoms with Crippen molar-refractivity contribution < 1.29 is 4.79 Å². The van der Waals surface area contributed by atoms with E-state index in [-0.39, 0.29) is 17.9 Å². The van der Waals surface area contributed by atoms with Crippen LogP contribution in [0.5, 0.6) is 0 Å². The molecule has 0 spiro atoms. The van der Waals surface area contributed by atoms with E-state index in [1.807, 2.05) is 79.7 Å². The Bertz CT molecular complexity index is 1510. The molecule has 0 aliphatic rings. The zero-order valence-electron chi connectivity index (χ0n) is 17.6. The van der Waals surface area contributed by atoms with Crippen LogP contribution in [0.4, 0.5) is 5.69 Å². The van der Waals surface area contributed by atoms with Crippen molar-refractivity contribution in [2.45, 2.75) is 13.3 Å². The van der Waals surface area contributed by atoms with E-state index < -0.39 is 0 Å². The molecule has 0 aliphatic carbocycles. The van der Waals surface area contributed by atoms with Crippen LogP contribution in [-0.4, -0.2) is 15.5 Å². The summed E-state index contributed by atoms with van der Waals surface area (Å²) >= 11 is 0. The number of para-hydroxylation sites is 1. The van der Waals surface area contributed by atoms with Crippen LogP contribution >= 0.6 is 0 Å². The number of carbonyl (C=O) groups is 1. The highest BCUT2D eigenvalue weighted by Gasteiger charge is 2.11. The Morgan fingerprint density at radius 3 is 2.34 bits per heavy atom. The molecule has 0 atom stereocenters. The second-order valence-corrected chi connectivity index (χ2v) is 7.73. The Labute approximate surface area is 185 Å². The minimum Gasteiger partial charge on any atom is -0.326 e. The average Bonchev–Trinajstić information content (AvgIpc) is 2.80. The Hall–Kier alpha value is -4.25. The summed E-state index contributed by atoms with van der Waals surface area (Å²) < 4.78 is 1.59. The number of hydrogen-bond donors (Lipinski definition) is 1. The topological polar surface area (TPSA) is 64.0 Å². The lowest BCUT2D eigenvalue weighted by molar-refractivity contribution is -0.115. The van der Waals surface area contributed by atoms with Gasteiger partial charge in [0, 0.05) is 5.69 Å². The molecule has 0 radical (unpaired) electrons.